The molecule has 1 aromatic carbocycles. The van der Waals surface area contributed by atoms with E-state index < -0.39 is 6.10 Å². The van der Waals surface area contributed by atoms with Gasteiger partial charge in [0.25, 0.3) is 5.91 Å². The van der Waals surface area contributed by atoms with Crippen LogP contribution in [0.5, 0.6) is 5.75 Å². The molecule has 0 saturated heterocycles. The van der Waals surface area contributed by atoms with E-state index in [1.165, 1.54) is 0 Å². The molecule has 2 rings (SSSR count). The largest absolute Gasteiger partial charge is 0.479 e. The molecule has 1 atom stereocenters. The molecular formula is C14H20ClN3O3. The molecule has 0 aromatic heterocycles. The summed E-state index contributed by atoms with van der Waals surface area (Å²) in [5.41, 5.74) is 1.23. The number of ether oxygens (including phenoxy) is 1. The molecule has 7 heteroatoms. The number of amides is 2. The van der Waals surface area contributed by atoms with Gasteiger partial charge in [0.15, 0.2) is 6.10 Å². The van der Waals surface area contributed by atoms with Crippen molar-refractivity contribution < 1.29 is 14.3 Å². The van der Waals surface area contributed by atoms with Gasteiger partial charge in [-0.2, -0.15) is 0 Å². The molecule has 0 fully saturated rings. The fourth-order valence-corrected chi connectivity index (χ4v) is 1.94. The molecule has 6 nitrogen and oxygen atoms in total. The number of nitrogens with one attached hydrogen (secondary N) is 3. The molecule has 2 amide bonds. The zero-order chi connectivity index (χ0) is 14.5. The maximum Gasteiger partial charge on any atom is 0.265 e. The van der Waals surface area contributed by atoms with Crippen LogP contribution < -0.4 is 20.7 Å². The summed E-state index contributed by atoms with van der Waals surface area (Å²) in [7, 11) is 1.85. The van der Waals surface area contributed by atoms with Gasteiger partial charge in [0.2, 0.25) is 5.91 Å². The standard InChI is InChI=1S/C14H19N3O3.ClH/c1-9-14(19)17-11-8-10(5-6-12(11)20-9)16-13(18)4-3-7-15-2;/h5-6,8-9,15H,3-4,7H2,1-2H3,(H,16,18)(H,17,19);1H. The Morgan fingerprint density at radius 1 is 1.43 bits per heavy atom. The van der Waals surface area contributed by atoms with E-state index in [-0.39, 0.29) is 24.2 Å². The Morgan fingerprint density at radius 3 is 2.90 bits per heavy atom. The lowest BCUT2D eigenvalue weighted by molar-refractivity contribution is -0.122. The third kappa shape index (κ3) is 4.61. The molecule has 0 spiro atoms. The van der Waals surface area contributed by atoms with E-state index >= 15 is 0 Å². The van der Waals surface area contributed by atoms with Crippen LogP contribution in [0.25, 0.3) is 0 Å². The van der Waals surface area contributed by atoms with Crippen LogP contribution in [0, 0.1) is 0 Å². The quantitative estimate of drug-likeness (QED) is 0.724. The number of hydrogen-bond donors (Lipinski definition) is 3. The highest BCUT2D eigenvalue weighted by atomic mass is 35.5. The van der Waals surface area contributed by atoms with Gasteiger partial charge in [-0.1, -0.05) is 0 Å². The Hall–Kier alpha value is -1.79. The molecule has 0 aliphatic carbocycles. The molecule has 0 saturated carbocycles. The topological polar surface area (TPSA) is 79.5 Å². The second-order valence-electron chi connectivity index (χ2n) is 4.72. The molecule has 116 valence electrons. The van der Waals surface area contributed by atoms with Gasteiger partial charge in [0.05, 0.1) is 5.69 Å². The number of carbonyl (C=O) groups is 2. The monoisotopic (exact) mass is 313 g/mol. The highest BCUT2D eigenvalue weighted by Gasteiger charge is 2.23. The third-order valence-electron chi connectivity index (χ3n) is 3.02. The first-order valence-electron chi connectivity index (χ1n) is 6.66. The summed E-state index contributed by atoms with van der Waals surface area (Å²) in [5, 5.41) is 8.55. The third-order valence-corrected chi connectivity index (χ3v) is 3.02. The Kier molecular flexibility index (Phi) is 6.45. The second-order valence-corrected chi connectivity index (χ2v) is 4.72. The SMILES string of the molecule is CNCCCC(=O)Nc1ccc2c(c1)NC(=O)C(C)O2.Cl. The summed E-state index contributed by atoms with van der Waals surface area (Å²) in [5.74, 6) is 0.386. The van der Waals surface area contributed by atoms with Crippen LogP contribution in [0.1, 0.15) is 19.8 Å². The van der Waals surface area contributed by atoms with Crippen LogP contribution in [0.15, 0.2) is 18.2 Å². The van der Waals surface area contributed by atoms with Gasteiger partial charge in [-0.15, -0.1) is 12.4 Å². The molecule has 3 N–H and O–H groups in total. The van der Waals surface area contributed by atoms with Crippen molar-refractivity contribution in [3.63, 3.8) is 0 Å². The van der Waals surface area contributed by atoms with Crippen molar-refractivity contribution >= 4 is 35.6 Å². The fourth-order valence-electron chi connectivity index (χ4n) is 1.94. The Labute approximate surface area is 130 Å². The van der Waals surface area contributed by atoms with E-state index in [4.69, 9.17) is 4.74 Å². The van der Waals surface area contributed by atoms with Crippen LogP contribution in [0.4, 0.5) is 11.4 Å². The predicted molar refractivity (Wildman–Crippen MR) is 84.2 cm³/mol. The minimum Gasteiger partial charge on any atom is -0.479 e. The van der Waals surface area contributed by atoms with E-state index in [0.29, 0.717) is 23.5 Å². The van der Waals surface area contributed by atoms with E-state index in [2.05, 4.69) is 16.0 Å². The van der Waals surface area contributed by atoms with Crippen molar-refractivity contribution in [1.82, 2.24) is 5.32 Å². The molecule has 0 bridgehead atoms. The summed E-state index contributed by atoms with van der Waals surface area (Å²) in [6.07, 6.45) is 0.743. The smallest absolute Gasteiger partial charge is 0.265 e. The number of benzene rings is 1. The second kappa shape index (κ2) is 7.85. The molecule has 1 heterocycles. The number of hydrogen-bond acceptors (Lipinski definition) is 4. The number of fused-ring (bicyclic) bond motifs is 1. The first-order chi connectivity index (χ1) is 9.60. The van der Waals surface area contributed by atoms with Crippen molar-refractivity contribution in [2.75, 3.05) is 24.2 Å². The van der Waals surface area contributed by atoms with E-state index in [9.17, 15) is 9.59 Å². The highest BCUT2D eigenvalue weighted by molar-refractivity contribution is 5.99. The van der Waals surface area contributed by atoms with Crippen molar-refractivity contribution in [2.24, 2.45) is 0 Å². The first kappa shape index (κ1) is 17.3. The lowest BCUT2D eigenvalue weighted by Crippen LogP contribution is -2.34. The molecule has 1 unspecified atom stereocenters. The Morgan fingerprint density at radius 2 is 2.19 bits per heavy atom. The number of carbonyl (C=O) groups excluding carboxylic acids is 2. The zero-order valence-corrected chi connectivity index (χ0v) is 12.9. The van der Waals surface area contributed by atoms with E-state index in [0.717, 1.165) is 13.0 Å². The maximum absolute atomic E-state index is 11.7. The van der Waals surface area contributed by atoms with Crippen molar-refractivity contribution in [3.8, 4) is 5.75 Å². The molecule has 21 heavy (non-hydrogen) atoms. The van der Waals surface area contributed by atoms with Gasteiger partial charge >= 0.3 is 0 Å². The predicted octanol–water partition coefficient (Wildman–Crippen LogP) is 1.77. The summed E-state index contributed by atoms with van der Waals surface area (Å²) in [4.78, 5) is 23.2. The Bertz CT molecular complexity index is 522. The van der Waals surface area contributed by atoms with Gasteiger partial charge in [0, 0.05) is 12.1 Å². The molecule has 1 aliphatic rings. The zero-order valence-electron chi connectivity index (χ0n) is 12.1. The number of halogens is 1. The van der Waals surface area contributed by atoms with E-state index in [1.54, 1.807) is 25.1 Å². The summed E-state index contributed by atoms with van der Waals surface area (Å²) in [6.45, 7) is 2.50. The van der Waals surface area contributed by atoms with Gasteiger partial charge in [-0.05, 0) is 45.1 Å². The number of anilines is 2. The van der Waals surface area contributed by atoms with Crippen LogP contribution in [-0.4, -0.2) is 31.5 Å². The minimum absolute atomic E-state index is 0. The first-order valence-corrected chi connectivity index (χ1v) is 6.66. The van der Waals surface area contributed by atoms with Crippen LogP contribution in [-0.2, 0) is 9.59 Å². The van der Waals surface area contributed by atoms with Gasteiger partial charge < -0.3 is 20.7 Å². The highest BCUT2D eigenvalue weighted by Crippen LogP contribution is 2.32. The van der Waals surface area contributed by atoms with Gasteiger partial charge in [-0.25, -0.2) is 0 Å². The van der Waals surface area contributed by atoms with Crippen LogP contribution in [0.3, 0.4) is 0 Å². The van der Waals surface area contributed by atoms with Gasteiger partial charge in [-0.3, -0.25) is 9.59 Å². The van der Waals surface area contributed by atoms with Crippen molar-refractivity contribution in [2.45, 2.75) is 25.9 Å². The average molecular weight is 314 g/mol. The van der Waals surface area contributed by atoms with E-state index in [1.807, 2.05) is 7.05 Å². The van der Waals surface area contributed by atoms with Crippen LogP contribution >= 0.6 is 12.4 Å². The summed E-state index contributed by atoms with van der Waals surface area (Å²) >= 11 is 0. The summed E-state index contributed by atoms with van der Waals surface area (Å²) in [6, 6.07) is 5.21. The molecule has 1 aliphatic heterocycles. The molecular weight excluding hydrogens is 294 g/mol. The van der Waals surface area contributed by atoms with Gasteiger partial charge in [0.1, 0.15) is 5.75 Å². The summed E-state index contributed by atoms with van der Waals surface area (Å²) < 4.78 is 5.45. The average Bonchev–Trinajstić information content (AvgIpc) is 2.41. The minimum atomic E-state index is -0.496. The molecule has 0 radical (unpaired) electrons. The van der Waals surface area contributed by atoms with Crippen molar-refractivity contribution in [3.05, 3.63) is 18.2 Å². The maximum atomic E-state index is 11.7. The van der Waals surface area contributed by atoms with Crippen molar-refractivity contribution in [1.29, 1.82) is 0 Å². The lowest BCUT2D eigenvalue weighted by atomic mass is 10.2. The van der Waals surface area contributed by atoms with Crippen LogP contribution in [0.2, 0.25) is 0 Å². The lowest BCUT2D eigenvalue weighted by Gasteiger charge is -2.23. The Balaban J connectivity index is 0.00000220. The number of rotatable bonds is 5. The molecule has 1 aromatic rings. The fraction of sp³-hybridized carbons (Fsp3) is 0.429. The normalized spacial score (nSPS) is 16.1.